The van der Waals surface area contributed by atoms with Crippen LogP contribution in [0.4, 0.5) is 4.39 Å². The molecule has 0 spiro atoms. The highest BCUT2D eigenvalue weighted by atomic mass is 35.5. The first-order valence-electron chi connectivity index (χ1n) is 6.93. The minimum Gasteiger partial charge on any atom is -0.481 e. The lowest BCUT2D eigenvalue weighted by Crippen LogP contribution is -2.40. The third kappa shape index (κ3) is 4.17. The molecule has 0 radical (unpaired) electrons. The zero-order valence-electron chi connectivity index (χ0n) is 11.5. The van der Waals surface area contributed by atoms with Gasteiger partial charge in [-0.25, -0.2) is 4.39 Å². The van der Waals surface area contributed by atoms with Crippen LogP contribution in [-0.2, 0) is 4.79 Å². The summed E-state index contributed by atoms with van der Waals surface area (Å²) in [5.74, 6) is -1.65. The molecule has 6 heteroatoms. The van der Waals surface area contributed by atoms with Crippen LogP contribution in [0.1, 0.15) is 36.0 Å². The van der Waals surface area contributed by atoms with E-state index in [4.69, 9.17) is 16.7 Å². The molecule has 114 valence electrons. The Bertz CT molecular complexity index is 550. The summed E-state index contributed by atoms with van der Waals surface area (Å²) >= 11 is 5.81. The van der Waals surface area contributed by atoms with Crippen LogP contribution in [0.25, 0.3) is 0 Å². The van der Waals surface area contributed by atoms with Crippen molar-refractivity contribution < 1.29 is 19.1 Å². The van der Waals surface area contributed by atoms with Crippen LogP contribution in [0.5, 0.6) is 0 Å². The van der Waals surface area contributed by atoms with Gasteiger partial charge >= 0.3 is 5.97 Å². The summed E-state index contributed by atoms with van der Waals surface area (Å²) in [6.07, 6.45) is 2.34. The van der Waals surface area contributed by atoms with Crippen LogP contribution >= 0.6 is 11.6 Å². The van der Waals surface area contributed by atoms with Gasteiger partial charge in [0.1, 0.15) is 5.82 Å². The van der Waals surface area contributed by atoms with Crippen LogP contribution in [0.2, 0.25) is 5.02 Å². The molecule has 0 bridgehead atoms. The van der Waals surface area contributed by atoms with E-state index >= 15 is 0 Å². The van der Waals surface area contributed by atoms with Gasteiger partial charge in [0.15, 0.2) is 0 Å². The molecular weight excluding hydrogens is 297 g/mol. The SMILES string of the molecule is O=C(O)CCC1CCCN(C(=O)c2cc(Cl)ccc2F)C1. The standard InChI is InChI=1S/C15H17ClFNO3/c16-11-4-5-13(17)12(8-11)15(21)18-7-1-2-10(9-18)3-6-14(19)20/h4-5,8,10H,1-3,6-7,9H2,(H,19,20). The number of nitrogens with zero attached hydrogens (tertiary/aromatic N) is 1. The van der Waals surface area contributed by atoms with E-state index in [9.17, 15) is 14.0 Å². The van der Waals surface area contributed by atoms with Gasteiger partial charge in [-0.2, -0.15) is 0 Å². The molecule has 2 rings (SSSR count). The van der Waals surface area contributed by atoms with Crippen molar-refractivity contribution in [3.63, 3.8) is 0 Å². The first-order chi connectivity index (χ1) is 9.97. The Balaban J connectivity index is 2.05. The first-order valence-corrected chi connectivity index (χ1v) is 7.31. The highest BCUT2D eigenvalue weighted by Crippen LogP contribution is 2.24. The van der Waals surface area contributed by atoms with Crippen LogP contribution in [-0.4, -0.2) is 35.0 Å². The minimum absolute atomic E-state index is 0.0265. The number of carboxylic acid groups (broad SMARTS) is 1. The Morgan fingerprint density at radius 2 is 2.19 bits per heavy atom. The third-order valence-corrected chi connectivity index (χ3v) is 3.97. The van der Waals surface area contributed by atoms with E-state index in [1.807, 2.05) is 0 Å². The molecule has 0 aliphatic carbocycles. The average Bonchev–Trinajstić information content (AvgIpc) is 2.47. The maximum Gasteiger partial charge on any atom is 0.303 e. The van der Waals surface area contributed by atoms with Crippen LogP contribution < -0.4 is 0 Å². The van der Waals surface area contributed by atoms with Gasteiger partial charge in [-0.05, 0) is 43.4 Å². The summed E-state index contributed by atoms with van der Waals surface area (Å²) in [5, 5.41) is 9.04. The summed E-state index contributed by atoms with van der Waals surface area (Å²) in [6.45, 7) is 1.03. The molecule has 4 nitrogen and oxygen atoms in total. The van der Waals surface area contributed by atoms with Gasteiger partial charge < -0.3 is 10.0 Å². The van der Waals surface area contributed by atoms with Crippen molar-refractivity contribution in [1.82, 2.24) is 4.90 Å². The van der Waals surface area contributed by atoms with E-state index in [0.717, 1.165) is 12.8 Å². The molecular formula is C15H17ClFNO3. The van der Waals surface area contributed by atoms with Crippen LogP contribution in [0.15, 0.2) is 18.2 Å². The molecule has 1 saturated heterocycles. The fourth-order valence-corrected chi connectivity index (χ4v) is 2.82. The number of aliphatic carboxylic acids is 1. The lowest BCUT2D eigenvalue weighted by Gasteiger charge is -2.32. The molecule has 1 aliphatic rings. The van der Waals surface area contributed by atoms with Crippen molar-refractivity contribution in [3.8, 4) is 0 Å². The number of carbonyl (C=O) groups is 2. The van der Waals surface area contributed by atoms with Crippen LogP contribution in [0, 0.1) is 11.7 Å². The number of halogens is 2. The monoisotopic (exact) mass is 313 g/mol. The van der Waals surface area contributed by atoms with E-state index in [-0.39, 0.29) is 23.8 Å². The summed E-state index contributed by atoms with van der Waals surface area (Å²) < 4.78 is 13.7. The second kappa shape index (κ2) is 6.89. The average molecular weight is 314 g/mol. The van der Waals surface area contributed by atoms with Gasteiger partial charge in [0.25, 0.3) is 5.91 Å². The number of benzene rings is 1. The second-order valence-electron chi connectivity index (χ2n) is 5.32. The number of carboxylic acids is 1. The maximum atomic E-state index is 13.7. The summed E-state index contributed by atoms with van der Waals surface area (Å²) in [6, 6.07) is 3.92. The largest absolute Gasteiger partial charge is 0.481 e. The molecule has 1 unspecified atom stereocenters. The second-order valence-corrected chi connectivity index (χ2v) is 5.75. The molecule has 0 saturated carbocycles. The molecule has 1 amide bonds. The Labute approximate surface area is 127 Å². The van der Waals surface area contributed by atoms with Gasteiger partial charge in [0.2, 0.25) is 0 Å². The molecule has 21 heavy (non-hydrogen) atoms. The first kappa shape index (κ1) is 15.8. The predicted molar refractivity (Wildman–Crippen MR) is 76.9 cm³/mol. The van der Waals surface area contributed by atoms with Gasteiger partial charge in [-0.1, -0.05) is 11.6 Å². The van der Waals surface area contributed by atoms with Gasteiger partial charge in [-0.15, -0.1) is 0 Å². The maximum absolute atomic E-state index is 13.7. The third-order valence-electron chi connectivity index (χ3n) is 3.73. The van der Waals surface area contributed by atoms with Gasteiger partial charge in [-0.3, -0.25) is 9.59 Å². The summed E-state index contributed by atoms with van der Waals surface area (Å²) in [4.78, 5) is 24.6. The van der Waals surface area contributed by atoms with E-state index in [1.54, 1.807) is 4.90 Å². The Hall–Kier alpha value is -1.62. The molecule has 1 atom stereocenters. The van der Waals surface area contributed by atoms with Gasteiger partial charge in [0.05, 0.1) is 5.56 Å². The molecule has 1 aromatic rings. The Morgan fingerprint density at radius 1 is 1.43 bits per heavy atom. The van der Waals surface area contributed by atoms with Crippen molar-refractivity contribution in [1.29, 1.82) is 0 Å². The number of likely N-dealkylation sites (tertiary alicyclic amines) is 1. The smallest absolute Gasteiger partial charge is 0.303 e. The Kier molecular flexibility index (Phi) is 5.17. The Morgan fingerprint density at radius 3 is 2.90 bits per heavy atom. The number of carbonyl (C=O) groups excluding carboxylic acids is 1. The van der Waals surface area contributed by atoms with Crippen LogP contribution in [0.3, 0.4) is 0 Å². The lowest BCUT2D eigenvalue weighted by atomic mass is 9.93. The van der Waals surface area contributed by atoms with Crippen molar-refractivity contribution in [2.75, 3.05) is 13.1 Å². The summed E-state index contributed by atoms with van der Waals surface area (Å²) in [7, 11) is 0. The van der Waals surface area contributed by atoms with E-state index in [0.29, 0.717) is 24.5 Å². The van der Waals surface area contributed by atoms with Crippen molar-refractivity contribution >= 4 is 23.5 Å². The molecule has 1 fully saturated rings. The number of hydrogen-bond acceptors (Lipinski definition) is 2. The summed E-state index contributed by atoms with van der Waals surface area (Å²) in [5.41, 5.74) is -0.0265. The highest BCUT2D eigenvalue weighted by molar-refractivity contribution is 6.31. The number of rotatable bonds is 4. The van der Waals surface area contributed by atoms with Crippen molar-refractivity contribution in [2.45, 2.75) is 25.7 Å². The fraction of sp³-hybridized carbons (Fsp3) is 0.467. The fourth-order valence-electron chi connectivity index (χ4n) is 2.64. The quantitative estimate of drug-likeness (QED) is 0.928. The lowest BCUT2D eigenvalue weighted by molar-refractivity contribution is -0.137. The van der Waals surface area contributed by atoms with E-state index in [2.05, 4.69) is 0 Å². The molecule has 1 aromatic carbocycles. The molecule has 1 aliphatic heterocycles. The minimum atomic E-state index is -0.834. The molecule has 1 N–H and O–H groups in total. The van der Waals surface area contributed by atoms with E-state index in [1.165, 1.54) is 18.2 Å². The number of hydrogen-bond donors (Lipinski definition) is 1. The zero-order valence-corrected chi connectivity index (χ0v) is 12.3. The van der Waals surface area contributed by atoms with E-state index < -0.39 is 11.8 Å². The number of piperidine rings is 1. The molecule has 0 aromatic heterocycles. The topological polar surface area (TPSA) is 57.6 Å². The molecule has 1 heterocycles. The van der Waals surface area contributed by atoms with Crippen molar-refractivity contribution in [2.24, 2.45) is 5.92 Å². The van der Waals surface area contributed by atoms with Crippen molar-refractivity contribution in [3.05, 3.63) is 34.6 Å². The van der Waals surface area contributed by atoms with Gasteiger partial charge in [0, 0.05) is 24.5 Å². The zero-order chi connectivity index (χ0) is 15.4. The number of amides is 1. The predicted octanol–water partition coefficient (Wildman–Crippen LogP) is 3.20. The normalized spacial score (nSPS) is 18.6. The highest BCUT2D eigenvalue weighted by Gasteiger charge is 2.26.